The van der Waals surface area contributed by atoms with E-state index in [2.05, 4.69) is 15.4 Å². The van der Waals surface area contributed by atoms with Gasteiger partial charge in [-0.1, -0.05) is 41.8 Å². The first kappa shape index (κ1) is 33.1. The van der Waals surface area contributed by atoms with Gasteiger partial charge in [-0.15, -0.1) is 0 Å². The summed E-state index contributed by atoms with van der Waals surface area (Å²) in [5.74, 6) is -2.39. The highest BCUT2D eigenvalue weighted by Gasteiger charge is 2.61. The number of hydrogen-bond acceptors (Lipinski definition) is 7. The number of alkyl carbamates (subject to hydrolysis) is 1. The third kappa shape index (κ3) is 8.02. The number of benzene rings is 1. The highest BCUT2D eigenvalue weighted by molar-refractivity contribution is 7.90. The van der Waals surface area contributed by atoms with Crippen LogP contribution in [0.2, 0.25) is 10.0 Å². The van der Waals surface area contributed by atoms with Crippen LogP contribution < -0.4 is 15.4 Å². The summed E-state index contributed by atoms with van der Waals surface area (Å²) in [6.45, 7) is 5.68. The van der Waals surface area contributed by atoms with Crippen molar-refractivity contribution in [2.75, 3.05) is 6.54 Å². The maximum absolute atomic E-state index is 13.7. The molecular formula is C29H38Cl2N4O7S. The molecule has 0 radical (unpaired) electrons. The van der Waals surface area contributed by atoms with Crippen molar-refractivity contribution in [3.05, 3.63) is 40.4 Å². The molecule has 1 aromatic rings. The fraction of sp³-hybridized carbons (Fsp3) is 0.586. The molecule has 2 aliphatic heterocycles. The quantitative estimate of drug-likeness (QED) is 0.413. The number of carbonyl (C=O) groups is 4. The first-order chi connectivity index (χ1) is 20.1. The van der Waals surface area contributed by atoms with E-state index in [0.717, 1.165) is 12.8 Å². The van der Waals surface area contributed by atoms with E-state index in [9.17, 15) is 27.6 Å². The molecule has 0 bridgehead atoms. The molecule has 3 aliphatic rings. The number of fused-ring (bicyclic) bond motifs is 2. The normalized spacial score (nSPS) is 26.7. The van der Waals surface area contributed by atoms with Gasteiger partial charge in [-0.25, -0.2) is 17.9 Å². The lowest BCUT2D eigenvalue weighted by Crippen LogP contribution is -2.57. The first-order valence-electron chi connectivity index (χ1n) is 14.4. The SMILES string of the molecule is CC(C)(C)NC(=O)O[C@H]1CCCCCC=C[C@@H]2C[C@@]2(C(=O)NS(=O)(=O)c2ccc(Cl)cc2Cl)NC(=O)[C@@H]2CCCN2C1=O. The molecule has 0 aromatic heterocycles. The third-order valence-electron chi connectivity index (χ3n) is 7.72. The molecule has 1 saturated heterocycles. The molecule has 4 amide bonds. The molecule has 2 fully saturated rings. The van der Waals surface area contributed by atoms with Gasteiger partial charge < -0.3 is 20.3 Å². The van der Waals surface area contributed by atoms with E-state index in [1.165, 1.54) is 23.1 Å². The van der Waals surface area contributed by atoms with Gasteiger partial charge in [0.1, 0.15) is 16.5 Å². The molecule has 0 spiro atoms. The summed E-state index contributed by atoms with van der Waals surface area (Å²) in [5, 5.41) is 5.56. The summed E-state index contributed by atoms with van der Waals surface area (Å²) < 4.78 is 33.9. The minimum Gasteiger partial charge on any atom is -0.436 e. The second kappa shape index (κ2) is 13.0. The largest absolute Gasteiger partial charge is 0.436 e. The van der Waals surface area contributed by atoms with E-state index in [4.69, 9.17) is 27.9 Å². The molecule has 43 heavy (non-hydrogen) atoms. The lowest BCUT2D eigenvalue weighted by atomic mass is 10.1. The van der Waals surface area contributed by atoms with Crippen LogP contribution >= 0.6 is 23.2 Å². The molecule has 11 nitrogen and oxygen atoms in total. The number of amides is 4. The fourth-order valence-corrected chi connectivity index (χ4v) is 7.27. The number of hydrogen-bond donors (Lipinski definition) is 3. The van der Waals surface area contributed by atoms with Crippen LogP contribution in [0.25, 0.3) is 0 Å². The molecule has 2 heterocycles. The predicted octanol–water partition coefficient (Wildman–Crippen LogP) is 4.08. The summed E-state index contributed by atoms with van der Waals surface area (Å²) in [5.41, 5.74) is -2.09. The van der Waals surface area contributed by atoms with Gasteiger partial charge in [-0.3, -0.25) is 14.4 Å². The van der Waals surface area contributed by atoms with Crippen LogP contribution in [-0.2, 0) is 29.1 Å². The Hall–Kier alpha value is -2.83. The highest BCUT2D eigenvalue weighted by Crippen LogP contribution is 2.46. The average molecular weight is 658 g/mol. The highest BCUT2D eigenvalue weighted by atomic mass is 35.5. The Morgan fingerprint density at radius 1 is 1.09 bits per heavy atom. The molecule has 14 heteroatoms. The summed E-state index contributed by atoms with van der Waals surface area (Å²) in [4.78, 5) is 54.5. The van der Waals surface area contributed by atoms with Crippen LogP contribution in [0, 0.1) is 5.92 Å². The number of nitrogens with zero attached hydrogens (tertiary/aromatic N) is 1. The Labute approximate surface area is 262 Å². The number of carbonyl (C=O) groups excluding carboxylic acids is 4. The van der Waals surface area contributed by atoms with E-state index in [-0.39, 0.29) is 27.9 Å². The Morgan fingerprint density at radius 2 is 1.84 bits per heavy atom. The lowest BCUT2D eigenvalue weighted by molar-refractivity contribution is -0.146. The number of allylic oxidation sites excluding steroid dienone is 1. The van der Waals surface area contributed by atoms with Crippen molar-refractivity contribution in [2.45, 2.75) is 100 Å². The maximum Gasteiger partial charge on any atom is 0.408 e. The molecule has 3 N–H and O–H groups in total. The Kier molecular flexibility index (Phi) is 10.0. The Balaban J connectivity index is 1.57. The van der Waals surface area contributed by atoms with E-state index < -0.39 is 63.0 Å². The lowest BCUT2D eigenvalue weighted by Gasteiger charge is -2.30. The monoisotopic (exact) mass is 656 g/mol. The minimum absolute atomic E-state index is 0.156. The zero-order valence-corrected chi connectivity index (χ0v) is 26.8. The minimum atomic E-state index is -4.39. The average Bonchev–Trinajstić information content (AvgIpc) is 3.35. The van der Waals surface area contributed by atoms with Crippen molar-refractivity contribution in [1.29, 1.82) is 0 Å². The molecule has 0 unspecified atom stereocenters. The van der Waals surface area contributed by atoms with Crippen molar-refractivity contribution in [2.24, 2.45) is 5.92 Å². The van der Waals surface area contributed by atoms with E-state index in [1.807, 2.05) is 12.2 Å². The molecule has 1 aliphatic carbocycles. The molecule has 4 rings (SSSR count). The zero-order valence-electron chi connectivity index (χ0n) is 24.5. The van der Waals surface area contributed by atoms with E-state index in [1.54, 1.807) is 20.8 Å². The second-order valence-electron chi connectivity index (χ2n) is 12.3. The maximum atomic E-state index is 13.7. The Bertz CT molecular complexity index is 1410. The summed E-state index contributed by atoms with van der Waals surface area (Å²) in [6.07, 6.45) is 6.20. The summed E-state index contributed by atoms with van der Waals surface area (Å²) in [7, 11) is -4.39. The van der Waals surface area contributed by atoms with Crippen molar-refractivity contribution >= 4 is 57.0 Å². The number of sulfonamides is 1. The summed E-state index contributed by atoms with van der Waals surface area (Å²) >= 11 is 12.0. The number of ether oxygens (including phenoxy) is 1. The van der Waals surface area contributed by atoms with Crippen molar-refractivity contribution in [3.63, 3.8) is 0 Å². The third-order valence-corrected chi connectivity index (χ3v) is 9.77. The van der Waals surface area contributed by atoms with Gasteiger partial charge in [-0.05, 0) is 83.9 Å². The summed E-state index contributed by atoms with van der Waals surface area (Å²) in [6, 6.07) is 2.88. The van der Waals surface area contributed by atoms with Crippen LogP contribution in [0.5, 0.6) is 0 Å². The van der Waals surface area contributed by atoms with Gasteiger partial charge in [-0.2, -0.15) is 0 Å². The van der Waals surface area contributed by atoms with Gasteiger partial charge in [0, 0.05) is 23.0 Å². The van der Waals surface area contributed by atoms with Crippen LogP contribution in [0.1, 0.15) is 72.1 Å². The van der Waals surface area contributed by atoms with Gasteiger partial charge in [0.2, 0.25) is 5.91 Å². The first-order valence-corrected chi connectivity index (χ1v) is 16.7. The van der Waals surface area contributed by atoms with Gasteiger partial charge in [0.15, 0.2) is 6.10 Å². The number of halogens is 2. The molecule has 1 aromatic carbocycles. The van der Waals surface area contributed by atoms with Gasteiger partial charge in [0.05, 0.1) is 5.02 Å². The van der Waals surface area contributed by atoms with E-state index >= 15 is 0 Å². The predicted molar refractivity (Wildman–Crippen MR) is 161 cm³/mol. The molecule has 4 atom stereocenters. The Morgan fingerprint density at radius 3 is 2.53 bits per heavy atom. The topological polar surface area (TPSA) is 151 Å². The van der Waals surface area contributed by atoms with Gasteiger partial charge >= 0.3 is 6.09 Å². The van der Waals surface area contributed by atoms with Crippen LogP contribution in [-0.4, -0.2) is 66.9 Å². The zero-order chi connectivity index (χ0) is 31.6. The van der Waals surface area contributed by atoms with Crippen molar-refractivity contribution < 1.29 is 32.3 Å². The molecular weight excluding hydrogens is 619 g/mol. The molecule has 1 saturated carbocycles. The van der Waals surface area contributed by atoms with Crippen LogP contribution in [0.4, 0.5) is 4.79 Å². The number of rotatable bonds is 4. The van der Waals surface area contributed by atoms with Crippen molar-refractivity contribution in [3.8, 4) is 0 Å². The van der Waals surface area contributed by atoms with Gasteiger partial charge in [0.25, 0.3) is 21.8 Å². The smallest absolute Gasteiger partial charge is 0.408 e. The van der Waals surface area contributed by atoms with Crippen LogP contribution in [0.15, 0.2) is 35.2 Å². The van der Waals surface area contributed by atoms with E-state index in [0.29, 0.717) is 32.1 Å². The standard InChI is InChI=1S/C29H38Cl2N4O7S/c1-28(2,3)33-27(39)42-22-12-8-6-4-5-7-10-18-17-29(18,32-24(36)21-11-9-15-35(21)25(22)37)26(38)34-43(40,41)23-14-13-19(30)16-20(23)31/h7,10,13-14,16,18,21-22H,4-6,8-9,11-12,15,17H2,1-3H3,(H,32,36)(H,33,39)(H,34,38)/t18-,21+,22+,29-/m1/s1. The molecule has 236 valence electrons. The van der Waals surface area contributed by atoms with Crippen molar-refractivity contribution in [1.82, 2.24) is 20.3 Å². The fourth-order valence-electron chi connectivity index (χ4n) is 5.46. The second-order valence-corrected chi connectivity index (χ2v) is 14.8. The number of nitrogens with one attached hydrogen (secondary N) is 3. The van der Waals surface area contributed by atoms with Crippen LogP contribution in [0.3, 0.4) is 0 Å².